The van der Waals surface area contributed by atoms with Gasteiger partial charge in [0.15, 0.2) is 0 Å². The average molecular weight is 417 g/mol. The van der Waals surface area contributed by atoms with Crippen molar-refractivity contribution in [2.75, 3.05) is 25.5 Å². The molecule has 4 aromatic rings. The molecule has 2 aromatic carbocycles. The zero-order valence-corrected chi connectivity index (χ0v) is 17.8. The topological polar surface area (TPSA) is 74.2 Å². The summed E-state index contributed by atoms with van der Waals surface area (Å²) in [4.78, 5) is 14.3. The third-order valence-electron chi connectivity index (χ3n) is 5.38. The quantitative estimate of drug-likeness (QED) is 0.360. The Morgan fingerprint density at radius 3 is 2.71 bits per heavy atom. The van der Waals surface area contributed by atoms with Gasteiger partial charge < -0.3 is 9.73 Å². The molecule has 0 saturated heterocycles. The van der Waals surface area contributed by atoms with Crippen molar-refractivity contribution in [3.8, 4) is 11.3 Å². The second-order valence-corrected chi connectivity index (χ2v) is 7.83. The Bertz CT molecular complexity index is 1170. The lowest BCUT2D eigenvalue weighted by Gasteiger charge is -2.15. The van der Waals surface area contributed by atoms with Gasteiger partial charge in [-0.1, -0.05) is 36.8 Å². The maximum atomic E-state index is 12.0. The van der Waals surface area contributed by atoms with Gasteiger partial charge in [0.2, 0.25) is 0 Å². The fraction of sp³-hybridized carbons (Fsp3) is 0.280. The number of H-pyrrole nitrogens is 1. The first kappa shape index (κ1) is 20.9. The predicted molar refractivity (Wildman–Crippen MR) is 125 cm³/mol. The van der Waals surface area contributed by atoms with Crippen molar-refractivity contribution in [2.45, 2.75) is 25.8 Å². The fourth-order valence-electron chi connectivity index (χ4n) is 3.78. The zero-order chi connectivity index (χ0) is 21.5. The SMILES string of the molecule is CN(CCCCCNc1cccc(-c2n[nH]c(=O)c3ccccc23)c1)Cc1ccco1. The van der Waals surface area contributed by atoms with Crippen molar-refractivity contribution in [1.82, 2.24) is 15.1 Å². The summed E-state index contributed by atoms with van der Waals surface area (Å²) in [7, 11) is 2.13. The van der Waals surface area contributed by atoms with E-state index in [9.17, 15) is 4.79 Å². The van der Waals surface area contributed by atoms with E-state index in [0.717, 1.165) is 60.6 Å². The second-order valence-electron chi connectivity index (χ2n) is 7.83. The van der Waals surface area contributed by atoms with Crippen LogP contribution in [-0.4, -0.2) is 35.2 Å². The smallest absolute Gasteiger partial charge is 0.272 e. The average Bonchev–Trinajstić information content (AvgIpc) is 3.30. The molecule has 2 aromatic heterocycles. The standard InChI is InChI=1S/C25H28N4O2/c1-29(18-21-11-8-16-31-21)15-6-2-5-14-26-20-10-7-9-19(17-20)24-22-12-3-4-13-23(22)25(30)28-27-24/h3-4,7-13,16-17,26H,2,5-6,14-15,18H2,1H3,(H,28,30). The molecule has 0 unspecified atom stereocenters. The molecule has 0 aliphatic heterocycles. The highest BCUT2D eigenvalue weighted by molar-refractivity contribution is 5.94. The molecule has 0 aliphatic rings. The predicted octanol–water partition coefficient (Wildman–Crippen LogP) is 4.90. The lowest BCUT2D eigenvalue weighted by Crippen LogP contribution is -2.18. The molecule has 0 radical (unpaired) electrons. The molecule has 0 fully saturated rings. The molecule has 4 rings (SSSR count). The minimum absolute atomic E-state index is 0.163. The maximum absolute atomic E-state index is 12.0. The Hall–Kier alpha value is -3.38. The van der Waals surface area contributed by atoms with Crippen LogP contribution in [0.3, 0.4) is 0 Å². The van der Waals surface area contributed by atoms with E-state index in [-0.39, 0.29) is 5.56 Å². The molecule has 2 N–H and O–H groups in total. The number of nitrogens with zero attached hydrogens (tertiary/aromatic N) is 2. The second kappa shape index (κ2) is 10.1. The summed E-state index contributed by atoms with van der Waals surface area (Å²) in [5.74, 6) is 1.01. The fourth-order valence-corrected chi connectivity index (χ4v) is 3.78. The highest BCUT2D eigenvalue weighted by Crippen LogP contribution is 2.26. The van der Waals surface area contributed by atoms with Crippen molar-refractivity contribution in [3.05, 3.63) is 83.0 Å². The van der Waals surface area contributed by atoms with Crippen LogP contribution in [0.15, 0.2) is 76.1 Å². The number of rotatable bonds is 10. The van der Waals surface area contributed by atoms with Gasteiger partial charge in [0, 0.05) is 23.2 Å². The third kappa shape index (κ3) is 5.41. The number of unbranched alkanes of at least 4 members (excludes halogenated alkanes) is 2. The van der Waals surface area contributed by atoms with Gasteiger partial charge in [-0.3, -0.25) is 9.69 Å². The molecule has 2 heterocycles. The number of aromatic nitrogens is 2. The van der Waals surface area contributed by atoms with E-state index < -0.39 is 0 Å². The summed E-state index contributed by atoms with van der Waals surface area (Å²) in [6, 6.07) is 19.7. The first-order chi connectivity index (χ1) is 15.2. The molecule has 160 valence electrons. The van der Waals surface area contributed by atoms with Gasteiger partial charge >= 0.3 is 0 Å². The highest BCUT2D eigenvalue weighted by atomic mass is 16.3. The van der Waals surface area contributed by atoms with Gasteiger partial charge in [0.05, 0.1) is 23.9 Å². The van der Waals surface area contributed by atoms with Gasteiger partial charge in [0.1, 0.15) is 5.76 Å². The minimum Gasteiger partial charge on any atom is -0.468 e. The highest BCUT2D eigenvalue weighted by Gasteiger charge is 2.09. The van der Waals surface area contributed by atoms with E-state index in [0.29, 0.717) is 5.39 Å². The largest absolute Gasteiger partial charge is 0.468 e. The summed E-state index contributed by atoms with van der Waals surface area (Å²) in [5, 5.41) is 11.9. The molecule has 31 heavy (non-hydrogen) atoms. The Morgan fingerprint density at radius 2 is 1.87 bits per heavy atom. The number of benzene rings is 2. The zero-order valence-electron chi connectivity index (χ0n) is 17.8. The van der Waals surface area contributed by atoms with Crippen LogP contribution < -0.4 is 10.9 Å². The van der Waals surface area contributed by atoms with Crippen molar-refractivity contribution in [2.24, 2.45) is 0 Å². The van der Waals surface area contributed by atoms with Crippen LogP contribution >= 0.6 is 0 Å². The Morgan fingerprint density at radius 1 is 1.00 bits per heavy atom. The summed E-state index contributed by atoms with van der Waals surface area (Å²) in [6.45, 7) is 2.83. The lowest BCUT2D eigenvalue weighted by atomic mass is 10.0. The van der Waals surface area contributed by atoms with E-state index in [1.54, 1.807) is 6.26 Å². The van der Waals surface area contributed by atoms with E-state index >= 15 is 0 Å². The van der Waals surface area contributed by atoms with Crippen LogP contribution in [0.2, 0.25) is 0 Å². The van der Waals surface area contributed by atoms with E-state index in [2.05, 4.69) is 39.6 Å². The first-order valence-electron chi connectivity index (χ1n) is 10.7. The van der Waals surface area contributed by atoms with E-state index in [1.165, 1.54) is 6.42 Å². The number of hydrogen-bond donors (Lipinski definition) is 2. The summed E-state index contributed by atoms with van der Waals surface area (Å²) in [6.07, 6.45) is 5.16. The van der Waals surface area contributed by atoms with Crippen LogP contribution in [0.1, 0.15) is 25.0 Å². The molecule has 0 bridgehead atoms. The Kier molecular flexibility index (Phi) is 6.79. The van der Waals surface area contributed by atoms with Gasteiger partial charge in [-0.05, 0) is 56.8 Å². The van der Waals surface area contributed by atoms with Crippen molar-refractivity contribution >= 4 is 16.5 Å². The summed E-state index contributed by atoms with van der Waals surface area (Å²) < 4.78 is 5.40. The molecule has 0 atom stereocenters. The van der Waals surface area contributed by atoms with Crippen molar-refractivity contribution < 1.29 is 4.42 Å². The Labute approximate surface area is 181 Å². The number of anilines is 1. The van der Waals surface area contributed by atoms with Crippen LogP contribution in [0.4, 0.5) is 5.69 Å². The lowest BCUT2D eigenvalue weighted by molar-refractivity contribution is 0.288. The van der Waals surface area contributed by atoms with Crippen molar-refractivity contribution in [3.63, 3.8) is 0 Å². The van der Waals surface area contributed by atoms with Crippen LogP contribution in [0.5, 0.6) is 0 Å². The van der Waals surface area contributed by atoms with Crippen LogP contribution in [0.25, 0.3) is 22.0 Å². The molecule has 0 saturated carbocycles. The maximum Gasteiger partial charge on any atom is 0.272 e. The normalized spacial score (nSPS) is 11.3. The van der Waals surface area contributed by atoms with Gasteiger partial charge in [0.25, 0.3) is 5.56 Å². The minimum atomic E-state index is -0.163. The van der Waals surface area contributed by atoms with Gasteiger partial charge in [-0.15, -0.1) is 0 Å². The molecular formula is C25H28N4O2. The number of aromatic amines is 1. The molecule has 0 aliphatic carbocycles. The molecule has 6 nitrogen and oxygen atoms in total. The number of furan rings is 1. The third-order valence-corrected chi connectivity index (χ3v) is 5.38. The number of nitrogens with one attached hydrogen (secondary N) is 2. The van der Waals surface area contributed by atoms with Crippen LogP contribution in [0, 0.1) is 0 Å². The van der Waals surface area contributed by atoms with Crippen molar-refractivity contribution in [1.29, 1.82) is 0 Å². The van der Waals surface area contributed by atoms with Crippen LogP contribution in [-0.2, 0) is 6.54 Å². The Balaban J connectivity index is 1.28. The molecule has 0 amide bonds. The molecular weight excluding hydrogens is 388 g/mol. The van der Waals surface area contributed by atoms with Gasteiger partial charge in [-0.2, -0.15) is 5.10 Å². The van der Waals surface area contributed by atoms with E-state index in [4.69, 9.17) is 4.42 Å². The molecule has 6 heteroatoms. The monoisotopic (exact) mass is 416 g/mol. The van der Waals surface area contributed by atoms with Gasteiger partial charge in [-0.25, -0.2) is 5.10 Å². The first-order valence-corrected chi connectivity index (χ1v) is 10.7. The number of hydrogen-bond acceptors (Lipinski definition) is 5. The summed E-state index contributed by atoms with van der Waals surface area (Å²) >= 11 is 0. The molecule has 0 spiro atoms. The number of fused-ring (bicyclic) bond motifs is 1. The summed E-state index contributed by atoms with van der Waals surface area (Å²) in [5.41, 5.74) is 2.67. The van der Waals surface area contributed by atoms with E-state index in [1.807, 2.05) is 48.5 Å².